The molecule has 0 saturated heterocycles. The second kappa shape index (κ2) is 6.39. The first-order valence-corrected chi connectivity index (χ1v) is 4.11. The van der Waals surface area contributed by atoms with Gasteiger partial charge < -0.3 is 15.2 Å². The second-order valence-electron chi connectivity index (χ2n) is 3.01. The zero-order valence-electron chi connectivity index (χ0n) is 8.96. The van der Waals surface area contributed by atoms with Gasteiger partial charge in [-0.3, -0.25) is 4.79 Å². The van der Waals surface area contributed by atoms with Crippen LogP contribution >= 0.6 is 0 Å². The molecule has 1 rings (SSSR count). The Bertz CT molecular complexity index is 370. The Kier molecular flexibility index (Phi) is 6.31. The SMILES string of the molecule is Cc1cccc(C)c1NC(=O)C(=O)[O-].[K+]. The average molecular weight is 231 g/mol. The van der Waals surface area contributed by atoms with Crippen molar-refractivity contribution in [3.63, 3.8) is 0 Å². The van der Waals surface area contributed by atoms with Gasteiger partial charge in [-0.25, -0.2) is 0 Å². The van der Waals surface area contributed by atoms with E-state index in [0.717, 1.165) is 11.1 Å². The van der Waals surface area contributed by atoms with Crippen molar-refractivity contribution in [2.45, 2.75) is 13.8 Å². The van der Waals surface area contributed by atoms with Crippen molar-refractivity contribution in [3.05, 3.63) is 29.3 Å². The number of hydrogen-bond donors (Lipinski definition) is 1. The Hall–Kier alpha value is -0.204. The summed E-state index contributed by atoms with van der Waals surface area (Å²) in [6.07, 6.45) is 0. The minimum Gasteiger partial charge on any atom is -0.540 e. The van der Waals surface area contributed by atoms with Crippen molar-refractivity contribution in [1.82, 2.24) is 0 Å². The van der Waals surface area contributed by atoms with E-state index in [1.807, 2.05) is 6.07 Å². The molecule has 0 heterocycles. The molecule has 4 nitrogen and oxygen atoms in total. The average Bonchev–Trinajstić information content (AvgIpc) is 2.11. The number of anilines is 1. The van der Waals surface area contributed by atoms with Crippen LogP contribution < -0.4 is 61.8 Å². The molecule has 0 aliphatic rings. The molecule has 0 saturated carbocycles. The van der Waals surface area contributed by atoms with E-state index >= 15 is 0 Å². The summed E-state index contributed by atoms with van der Waals surface area (Å²) in [4.78, 5) is 21.0. The smallest absolute Gasteiger partial charge is 0.540 e. The summed E-state index contributed by atoms with van der Waals surface area (Å²) in [7, 11) is 0. The Balaban J connectivity index is 0.00000196. The number of carboxylic acid groups (broad SMARTS) is 1. The van der Waals surface area contributed by atoms with E-state index in [-0.39, 0.29) is 51.4 Å². The largest absolute Gasteiger partial charge is 1.00 e. The topological polar surface area (TPSA) is 69.2 Å². The molecule has 0 aromatic heterocycles. The predicted octanol–water partition coefficient (Wildman–Crippen LogP) is -3.00. The molecule has 0 spiro atoms. The van der Waals surface area contributed by atoms with Gasteiger partial charge >= 0.3 is 51.4 Å². The van der Waals surface area contributed by atoms with Crippen LogP contribution in [0.15, 0.2) is 18.2 Å². The van der Waals surface area contributed by atoms with Crippen molar-refractivity contribution < 1.29 is 66.1 Å². The normalized spacial score (nSPS) is 8.93. The van der Waals surface area contributed by atoms with E-state index in [1.54, 1.807) is 26.0 Å². The fraction of sp³-hybridized carbons (Fsp3) is 0.200. The van der Waals surface area contributed by atoms with Gasteiger partial charge in [-0.15, -0.1) is 0 Å². The number of benzene rings is 1. The van der Waals surface area contributed by atoms with Crippen LogP contribution in [0.5, 0.6) is 0 Å². The number of nitrogens with one attached hydrogen (secondary N) is 1. The fourth-order valence-corrected chi connectivity index (χ4v) is 1.18. The number of para-hydroxylation sites is 1. The molecule has 0 bridgehead atoms. The minimum atomic E-state index is -1.73. The summed E-state index contributed by atoms with van der Waals surface area (Å²) in [5.74, 6) is -2.85. The van der Waals surface area contributed by atoms with E-state index in [2.05, 4.69) is 5.32 Å². The third-order valence-electron chi connectivity index (χ3n) is 1.91. The molecule has 1 aromatic rings. The summed E-state index contributed by atoms with van der Waals surface area (Å²) >= 11 is 0. The molecular weight excluding hydrogens is 221 g/mol. The Morgan fingerprint density at radius 3 is 2.07 bits per heavy atom. The van der Waals surface area contributed by atoms with Crippen LogP contribution in [0.4, 0.5) is 5.69 Å². The predicted molar refractivity (Wildman–Crippen MR) is 49.6 cm³/mol. The van der Waals surface area contributed by atoms with Crippen molar-refractivity contribution >= 4 is 17.6 Å². The molecule has 0 radical (unpaired) electrons. The molecular formula is C10H10KNO3. The van der Waals surface area contributed by atoms with Gasteiger partial charge in [0.15, 0.2) is 0 Å². The number of amides is 1. The molecule has 1 N–H and O–H groups in total. The van der Waals surface area contributed by atoms with E-state index in [1.165, 1.54) is 0 Å². The maximum atomic E-state index is 10.8. The van der Waals surface area contributed by atoms with Gasteiger partial charge in [0, 0.05) is 5.69 Å². The van der Waals surface area contributed by atoms with Gasteiger partial charge in [0.05, 0.1) is 0 Å². The molecule has 0 aliphatic heterocycles. The van der Waals surface area contributed by atoms with Crippen LogP contribution in [0.25, 0.3) is 0 Å². The molecule has 1 aromatic carbocycles. The van der Waals surface area contributed by atoms with Crippen LogP contribution in [0.1, 0.15) is 11.1 Å². The second-order valence-corrected chi connectivity index (χ2v) is 3.01. The molecule has 0 atom stereocenters. The van der Waals surface area contributed by atoms with E-state index in [9.17, 15) is 14.7 Å². The van der Waals surface area contributed by atoms with E-state index in [4.69, 9.17) is 0 Å². The number of aryl methyl sites for hydroxylation is 2. The first-order valence-electron chi connectivity index (χ1n) is 4.11. The standard InChI is InChI=1S/C10H11NO3.K/c1-6-4-3-5-7(2)8(6)11-9(12)10(13)14;/h3-5H,1-2H3,(H,11,12)(H,13,14);/q;+1/p-1. The maximum Gasteiger partial charge on any atom is 1.00 e. The number of carboxylic acids is 1. The molecule has 0 unspecified atom stereocenters. The van der Waals surface area contributed by atoms with Gasteiger partial charge in [-0.1, -0.05) is 18.2 Å². The summed E-state index contributed by atoms with van der Waals surface area (Å²) < 4.78 is 0. The van der Waals surface area contributed by atoms with Crippen molar-refractivity contribution in [3.8, 4) is 0 Å². The molecule has 0 aliphatic carbocycles. The van der Waals surface area contributed by atoms with Gasteiger partial charge in [-0.2, -0.15) is 0 Å². The summed E-state index contributed by atoms with van der Waals surface area (Å²) in [5.41, 5.74) is 2.17. The zero-order chi connectivity index (χ0) is 10.7. The van der Waals surface area contributed by atoms with E-state index < -0.39 is 11.9 Å². The van der Waals surface area contributed by atoms with Gasteiger partial charge in [0.2, 0.25) is 0 Å². The third-order valence-corrected chi connectivity index (χ3v) is 1.91. The first kappa shape index (κ1) is 14.8. The Morgan fingerprint density at radius 2 is 1.67 bits per heavy atom. The molecule has 5 heteroatoms. The number of aliphatic carboxylic acids is 1. The molecule has 1 amide bonds. The van der Waals surface area contributed by atoms with Crippen molar-refractivity contribution in [1.29, 1.82) is 0 Å². The number of carbonyl (C=O) groups excluding carboxylic acids is 2. The van der Waals surface area contributed by atoms with E-state index in [0.29, 0.717) is 5.69 Å². The summed E-state index contributed by atoms with van der Waals surface area (Å²) in [5, 5.41) is 12.5. The molecule has 74 valence electrons. The van der Waals surface area contributed by atoms with Crippen LogP contribution in [-0.4, -0.2) is 11.9 Å². The van der Waals surface area contributed by atoms with Gasteiger partial charge in [-0.05, 0) is 25.0 Å². The maximum absolute atomic E-state index is 10.8. The first-order chi connectivity index (χ1) is 6.52. The molecule has 0 fully saturated rings. The third kappa shape index (κ3) is 4.04. The number of carbonyl (C=O) groups is 2. The monoisotopic (exact) mass is 231 g/mol. The fourth-order valence-electron chi connectivity index (χ4n) is 1.18. The minimum absolute atomic E-state index is 0. The number of hydrogen-bond acceptors (Lipinski definition) is 3. The van der Waals surface area contributed by atoms with Gasteiger partial charge in [0.25, 0.3) is 5.91 Å². The summed E-state index contributed by atoms with van der Waals surface area (Å²) in [6.45, 7) is 3.58. The van der Waals surface area contributed by atoms with Crippen LogP contribution in [-0.2, 0) is 9.59 Å². The van der Waals surface area contributed by atoms with Crippen LogP contribution in [0.3, 0.4) is 0 Å². The Morgan fingerprint density at radius 1 is 1.20 bits per heavy atom. The number of rotatable bonds is 1. The van der Waals surface area contributed by atoms with Crippen LogP contribution in [0, 0.1) is 13.8 Å². The van der Waals surface area contributed by atoms with Crippen molar-refractivity contribution in [2.24, 2.45) is 0 Å². The quantitative estimate of drug-likeness (QED) is 0.413. The molecule has 15 heavy (non-hydrogen) atoms. The zero-order valence-corrected chi connectivity index (χ0v) is 12.1. The Labute approximate surface area is 130 Å². The van der Waals surface area contributed by atoms with Gasteiger partial charge in [0.1, 0.15) is 5.97 Å². The van der Waals surface area contributed by atoms with Crippen LogP contribution in [0.2, 0.25) is 0 Å². The van der Waals surface area contributed by atoms with Crippen molar-refractivity contribution in [2.75, 3.05) is 5.32 Å². The summed E-state index contributed by atoms with van der Waals surface area (Å²) in [6, 6.07) is 5.41.